The molecule has 0 radical (unpaired) electrons. The van der Waals surface area contributed by atoms with Gasteiger partial charge in [0.15, 0.2) is 6.10 Å². The van der Waals surface area contributed by atoms with Gasteiger partial charge in [0, 0.05) is 19.1 Å². The number of nitrogens with zero attached hydrogens (tertiary/aromatic N) is 1. The molecule has 0 unspecified atom stereocenters. The van der Waals surface area contributed by atoms with Gasteiger partial charge in [-0.3, -0.25) is 14.9 Å². The fraction of sp³-hybridized carbons (Fsp3) is 0.714. The molecule has 0 aliphatic carbocycles. The SMILES string of the molecule is CC(C)NC(=O)NC(=O)[C@@H](C)OC(=O)CSC(=S)N1CCCC1. The number of urea groups is 1. The molecule has 7 nitrogen and oxygen atoms in total. The molecule has 0 aromatic heterocycles. The number of ether oxygens (including phenoxy) is 1. The van der Waals surface area contributed by atoms with Gasteiger partial charge < -0.3 is 15.0 Å². The van der Waals surface area contributed by atoms with Crippen molar-refractivity contribution in [3.05, 3.63) is 0 Å². The summed E-state index contributed by atoms with van der Waals surface area (Å²) in [4.78, 5) is 36.9. The molecule has 0 saturated carbocycles. The Kier molecular flexibility index (Phi) is 8.32. The minimum Gasteiger partial charge on any atom is -0.452 e. The normalized spacial score (nSPS) is 15.2. The number of imide groups is 1. The molecule has 23 heavy (non-hydrogen) atoms. The van der Waals surface area contributed by atoms with Crippen molar-refractivity contribution in [2.24, 2.45) is 0 Å². The maximum atomic E-state index is 11.7. The van der Waals surface area contributed by atoms with E-state index in [4.69, 9.17) is 17.0 Å². The fourth-order valence-electron chi connectivity index (χ4n) is 1.91. The van der Waals surface area contributed by atoms with Crippen molar-refractivity contribution in [3.63, 3.8) is 0 Å². The predicted molar refractivity (Wildman–Crippen MR) is 93.2 cm³/mol. The second-order valence-corrected chi connectivity index (χ2v) is 7.11. The molecular weight excluding hydrogens is 338 g/mol. The summed E-state index contributed by atoms with van der Waals surface area (Å²) in [6, 6.07) is -0.707. The molecule has 2 N–H and O–H groups in total. The van der Waals surface area contributed by atoms with E-state index in [2.05, 4.69) is 15.5 Å². The van der Waals surface area contributed by atoms with E-state index >= 15 is 0 Å². The highest BCUT2D eigenvalue weighted by Gasteiger charge is 2.21. The van der Waals surface area contributed by atoms with Gasteiger partial charge in [0.2, 0.25) is 0 Å². The third kappa shape index (κ3) is 7.65. The van der Waals surface area contributed by atoms with Gasteiger partial charge in [0.25, 0.3) is 5.91 Å². The third-order valence-electron chi connectivity index (χ3n) is 3.01. The van der Waals surface area contributed by atoms with Crippen LogP contribution in [-0.4, -0.2) is 58.1 Å². The van der Waals surface area contributed by atoms with Crippen LogP contribution < -0.4 is 10.6 Å². The van der Waals surface area contributed by atoms with Crippen molar-refractivity contribution in [1.82, 2.24) is 15.5 Å². The zero-order valence-electron chi connectivity index (χ0n) is 13.6. The van der Waals surface area contributed by atoms with E-state index in [1.54, 1.807) is 13.8 Å². The molecule has 0 bridgehead atoms. The first-order valence-corrected chi connectivity index (χ1v) is 8.91. The lowest BCUT2D eigenvalue weighted by Crippen LogP contribution is -2.46. The summed E-state index contributed by atoms with van der Waals surface area (Å²) in [6.45, 7) is 6.80. The van der Waals surface area contributed by atoms with Crippen LogP contribution in [0, 0.1) is 0 Å². The van der Waals surface area contributed by atoms with Crippen LogP contribution in [0.3, 0.4) is 0 Å². The van der Waals surface area contributed by atoms with E-state index in [0.717, 1.165) is 25.9 Å². The van der Waals surface area contributed by atoms with Gasteiger partial charge in [0.05, 0.1) is 5.75 Å². The summed E-state index contributed by atoms with van der Waals surface area (Å²) >= 11 is 6.47. The van der Waals surface area contributed by atoms with Gasteiger partial charge in [-0.25, -0.2) is 4.79 Å². The lowest BCUT2D eigenvalue weighted by molar-refractivity contribution is -0.151. The highest BCUT2D eigenvalue weighted by molar-refractivity contribution is 8.23. The number of carbonyl (C=O) groups excluding carboxylic acids is 3. The first-order valence-electron chi connectivity index (χ1n) is 7.52. The molecule has 1 aliphatic rings. The number of hydrogen-bond donors (Lipinski definition) is 2. The molecule has 1 saturated heterocycles. The number of amides is 3. The predicted octanol–water partition coefficient (Wildman–Crippen LogP) is 1.27. The monoisotopic (exact) mass is 361 g/mol. The number of thioether (sulfide) groups is 1. The summed E-state index contributed by atoms with van der Waals surface area (Å²) < 4.78 is 5.68. The summed E-state index contributed by atoms with van der Waals surface area (Å²) in [5, 5.41) is 4.63. The number of hydrogen-bond acceptors (Lipinski definition) is 6. The zero-order valence-corrected chi connectivity index (χ0v) is 15.2. The molecule has 9 heteroatoms. The van der Waals surface area contributed by atoms with Crippen LogP contribution >= 0.6 is 24.0 Å². The number of likely N-dealkylation sites (tertiary alicyclic amines) is 1. The Morgan fingerprint density at radius 2 is 1.83 bits per heavy atom. The summed E-state index contributed by atoms with van der Waals surface area (Å²) in [5.74, 6) is -1.16. The van der Waals surface area contributed by atoms with Crippen molar-refractivity contribution in [3.8, 4) is 0 Å². The van der Waals surface area contributed by atoms with Crippen LogP contribution in [0.5, 0.6) is 0 Å². The Hall–Kier alpha value is -1.35. The first-order chi connectivity index (χ1) is 10.8. The van der Waals surface area contributed by atoms with E-state index in [1.807, 2.05) is 0 Å². The second kappa shape index (κ2) is 9.71. The number of carbonyl (C=O) groups is 3. The lowest BCUT2D eigenvalue weighted by atomic mass is 10.3. The van der Waals surface area contributed by atoms with Gasteiger partial charge >= 0.3 is 12.0 Å². The third-order valence-corrected chi connectivity index (χ3v) is 4.51. The quantitative estimate of drug-likeness (QED) is 0.563. The topological polar surface area (TPSA) is 87.7 Å². The molecule has 1 atom stereocenters. The largest absolute Gasteiger partial charge is 0.452 e. The molecule has 1 heterocycles. The minimum absolute atomic E-state index is 0.0468. The van der Waals surface area contributed by atoms with Crippen LogP contribution in [0.4, 0.5) is 4.79 Å². The Balaban J connectivity index is 2.28. The highest BCUT2D eigenvalue weighted by Crippen LogP contribution is 2.16. The number of thiocarbonyl (C=S) groups is 1. The summed E-state index contributed by atoms with van der Waals surface area (Å²) in [7, 11) is 0. The highest BCUT2D eigenvalue weighted by atomic mass is 32.2. The average molecular weight is 361 g/mol. The fourth-order valence-corrected chi connectivity index (χ4v) is 2.94. The average Bonchev–Trinajstić information content (AvgIpc) is 2.97. The molecule has 1 fully saturated rings. The van der Waals surface area contributed by atoms with Gasteiger partial charge in [-0.1, -0.05) is 24.0 Å². The smallest absolute Gasteiger partial charge is 0.321 e. The van der Waals surface area contributed by atoms with Crippen LogP contribution in [0.25, 0.3) is 0 Å². The standard InChI is InChI=1S/C14H23N3O4S2/c1-9(2)15-13(20)16-12(19)10(3)21-11(18)8-23-14(22)17-6-4-5-7-17/h9-10H,4-8H2,1-3H3,(H2,15,16,19,20)/t10-/m1/s1. The molecule has 1 rings (SSSR count). The molecule has 130 valence electrons. The molecule has 1 aliphatic heterocycles. The van der Waals surface area contributed by atoms with Crippen LogP contribution in [0.1, 0.15) is 33.6 Å². The molecule has 0 spiro atoms. The van der Waals surface area contributed by atoms with Gasteiger partial charge in [0.1, 0.15) is 4.32 Å². The van der Waals surface area contributed by atoms with E-state index in [9.17, 15) is 14.4 Å². The molecule has 3 amide bonds. The summed E-state index contributed by atoms with van der Waals surface area (Å²) in [5.41, 5.74) is 0. The molecule has 0 aromatic rings. The number of rotatable bonds is 5. The van der Waals surface area contributed by atoms with E-state index in [0.29, 0.717) is 4.32 Å². The Labute approximate surface area is 145 Å². The van der Waals surface area contributed by atoms with E-state index < -0.39 is 24.0 Å². The maximum Gasteiger partial charge on any atom is 0.321 e. The van der Waals surface area contributed by atoms with Crippen molar-refractivity contribution in [1.29, 1.82) is 0 Å². The Morgan fingerprint density at radius 3 is 2.39 bits per heavy atom. The number of esters is 1. The maximum absolute atomic E-state index is 11.7. The Bertz CT molecular complexity index is 465. The van der Waals surface area contributed by atoms with Crippen LogP contribution in [-0.2, 0) is 14.3 Å². The zero-order chi connectivity index (χ0) is 17.4. The lowest BCUT2D eigenvalue weighted by Gasteiger charge is -2.18. The molecular formula is C14H23N3O4S2. The van der Waals surface area contributed by atoms with Crippen molar-refractivity contribution in [2.75, 3.05) is 18.8 Å². The molecule has 0 aromatic carbocycles. The number of nitrogens with one attached hydrogen (secondary N) is 2. The van der Waals surface area contributed by atoms with Gasteiger partial charge in [-0.2, -0.15) is 0 Å². The van der Waals surface area contributed by atoms with Crippen LogP contribution in [0.15, 0.2) is 0 Å². The Morgan fingerprint density at radius 1 is 1.22 bits per heavy atom. The first kappa shape index (κ1) is 19.7. The van der Waals surface area contributed by atoms with Crippen LogP contribution in [0.2, 0.25) is 0 Å². The second-order valence-electron chi connectivity index (χ2n) is 5.50. The van der Waals surface area contributed by atoms with Gasteiger partial charge in [-0.05, 0) is 33.6 Å². The summed E-state index contributed by atoms with van der Waals surface area (Å²) in [6.07, 6.45) is 1.18. The minimum atomic E-state index is -1.04. The van der Waals surface area contributed by atoms with Crippen molar-refractivity contribution < 1.29 is 19.1 Å². The van der Waals surface area contributed by atoms with Crippen molar-refractivity contribution >= 4 is 46.2 Å². The van der Waals surface area contributed by atoms with Crippen molar-refractivity contribution in [2.45, 2.75) is 45.8 Å². The van der Waals surface area contributed by atoms with E-state index in [1.165, 1.54) is 18.7 Å². The van der Waals surface area contributed by atoms with E-state index in [-0.39, 0.29) is 11.8 Å². The van der Waals surface area contributed by atoms with Gasteiger partial charge in [-0.15, -0.1) is 0 Å².